The van der Waals surface area contributed by atoms with Gasteiger partial charge in [0.1, 0.15) is 17.8 Å². The number of nitrogens with one attached hydrogen (secondary N) is 1. The van der Waals surface area contributed by atoms with E-state index in [1.54, 1.807) is 4.90 Å². The number of nitrogens with zero attached hydrogens (tertiary/aromatic N) is 1. The number of carboxylic acid groups (broad SMARTS) is 1. The van der Waals surface area contributed by atoms with Crippen LogP contribution >= 0.6 is 0 Å². The van der Waals surface area contributed by atoms with Gasteiger partial charge in [-0.3, -0.25) is 9.59 Å². The maximum Gasteiger partial charge on any atom is 0.326 e. The highest BCUT2D eigenvalue weighted by molar-refractivity contribution is 5.91. The first-order valence-corrected chi connectivity index (χ1v) is 16.7. The first-order valence-electron chi connectivity index (χ1n) is 16.7. The number of rotatable bonds is 12. The molecule has 1 aliphatic heterocycles. The van der Waals surface area contributed by atoms with Gasteiger partial charge in [-0.05, 0) is 64.3 Å². The number of amides is 2. The number of ether oxygens (including phenoxy) is 1. The highest BCUT2D eigenvalue weighted by Crippen LogP contribution is 2.32. The summed E-state index contributed by atoms with van der Waals surface area (Å²) in [6.07, 6.45) is 5.95. The molecule has 2 N–H and O–H groups in total. The Morgan fingerprint density at radius 3 is 2.19 bits per heavy atom. The van der Waals surface area contributed by atoms with E-state index >= 15 is 0 Å². The van der Waals surface area contributed by atoms with E-state index in [4.69, 9.17) is 4.74 Å². The van der Waals surface area contributed by atoms with Gasteiger partial charge in [0.05, 0.1) is 6.61 Å². The fraction of sp³-hybridized carbons (Fsp3) is 0.325. The fourth-order valence-electron chi connectivity index (χ4n) is 6.82. The molecule has 0 bridgehead atoms. The molecule has 1 aliphatic carbocycles. The minimum atomic E-state index is -1.13. The van der Waals surface area contributed by atoms with Crippen molar-refractivity contribution in [3.63, 3.8) is 0 Å². The van der Waals surface area contributed by atoms with Crippen LogP contribution in [0, 0.1) is 5.92 Å². The molecule has 6 rings (SSSR count). The van der Waals surface area contributed by atoms with Crippen LogP contribution in [0.2, 0.25) is 0 Å². The second-order valence-corrected chi connectivity index (χ2v) is 12.8. The lowest BCUT2D eigenvalue weighted by atomic mass is 9.91. The van der Waals surface area contributed by atoms with Gasteiger partial charge in [0.15, 0.2) is 0 Å². The number of benzene rings is 4. The molecule has 0 radical (unpaired) electrons. The molecule has 1 heterocycles. The van der Waals surface area contributed by atoms with E-state index in [1.165, 1.54) is 5.56 Å². The monoisotopic (exact) mass is 630 g/mol. The first-order chi connectivity index (χ1) is 22.9. The van der Waals surface area contributed by atoms with Crippen molar-refractivity contribution in [1.82, 2.24) is 10.2 Å². The minimum absolute atomic E-state index is 0.0542. The average Bonchev–Trinajstić information content (AvgIpc) is 3.61. The third-order valence-electron chi connectivity index (χ3n) is 9.49. The smallest absolute Gasteiger partial charge is 0.326 e. The molecule has 0 saturated heterocycles. The zero-order chi connectivity index (χ0) is 32.6. The van der Waals surface area contributed by atoms with Crippen molar-refractivity contribution in [2.75, 3.05) is 6.61 Å². The molecule has 2 amide bonds. The molecule has 242 valence electrons. The second kappa shape index (κ2) is 15.1. The topological polar surface area (TPSA) is 95.9 Å². The molecule has 7 heteroatoms. The number of carbonyl (C=O) groups is 3. The summed E-state index contributed by atoms with van der Waals surface area (Å²) in [5.41, 5.74) is 6.04. The lowest BCUT2D eigenvalue weighted by Crippen LogP contribution is -2.56. The van der Waals surface area contributed by atoms with Crippen molar-refractivity contribution >= 4 is 17.8 Å². The number of fused-ring (bicyclic) bond motifs is 1. The third kappa shape index (κ3) is 8.28. The Morgan fingerprint density at radius 1 is 0.809 bits per heavy atom. The van der Waals surface area contributed by atoms with Crippen LogP contribution in [0.25, 0.3) is 11.1 Å². The predicted octanol–water partition coefficient (Wildman–Crippen LogP) is 6.62. The molecule has 4 aromatic carbocycles. The molecule has 7 nitrogen and oxygen atoms in total. The van der Waals surface area contributed by atoms with Gasteiger partial charge in [0.2, 0.25) is 11.8 Å². The van der Waals surface area contributed by atoms with Crippen molar-refractivity contribution in [2.45, 2.75) is 70.0 Å². The molecular formula is C40H42N2O5. The number of carboxylic acids is 1. The summed E-state index contributed by atoms with van der Waals surface area (Å²) in [7, 11) is 0. The van der Waals surface area contributed by atoms with E-state index in [0.29, 0.717) is 25.4 Å². The van der Waals surface area contributed by atoms with Gasteiger partial charge in [-0.2, -0.15) is 0 Å². The number of aliphatic carboxylic acids is 1. The van der Waals surface area contributed by atoms with Crippen molar-refractivity contribution in [3.05, 3.63) is 125 Å². The van der Waals surface area contributed by atoms with E-state index in [9.17, 15) is 19.5 Å². The third-order valence-corrected chi connectivity index (χ3v) is 9.49. The summed E-state index contributed by atoms with van der Waals surface area (Å²) in [5, 5.41) is 12.9. The van der Waals surface area contributed by atoms with Gasteiger partial charge in [-0.15, -0.1) is 0 Å². The van der Waals surface area contributed by atoms with E-state index in [-0.39, 0.29) is 18.9 Å². The van der Waals surface area contributed by atoms with Crippen LogP contribution < -0.4 is 10.1 Å². The first kappa shape index (κ1) is 32.0. The normalized spacial score (nSPS) is 16.7. The van der Waals surface area contributed by atoms with Crippen LogP contribution in [0.3, 0.4) is 0 Å². The molecule has 1 unspecified atom stereocenters. The Bertz CT molecular complexity index is 1670. The molecule has 0 spiro atoms. The van der Waals surface area contributed by atoms with Crippen LogP contribution in [-0.2, 0) is 40.2 Å². The van der Waals surface area contributed by atoms with Crippen LogP contribution in [-0.4, -0.2) is 46.5 Å². The fourth-order valence-corrected chi connectivity index (χ4v) is 6.82. The zero-order valence-corrected chi connectivity index (χ0v) is 26.6. The van der Waals surface area contributed by atoms with Gasteiger partial charge in [0, 0.05) is 32.2 Å². The van der Waals surface area contributed by atoms with Crippen LogP contribution in [0.4, 0.5) is 0 Å². The van der Waals surface area contributed by atoms with Gasteiger partial charge in [0.25, 0.3) is 0 Å². The SMILES string of the molecule is O=C(N[C@@H](Cc1ccc(-c2ccccc2)cc1)C(=O)O)C1Cc2ccc(OCCc3ccccc3)cc2CN1C(=O)CC1CCCC1. The highest BCUT2D eigenvalue weighted by atomic mass is 16.5. The lowest BCUT2D eigenvalue weighted by Gasteiger charge is -2.37. The van der Waals surface area contributed by atoms with Gasteiger partial charge >= 0.3 is 5.97 Å². The van der Waals surface area contributed by atoms with E-state index in [1.807, 2.05) is 91.0 Å². The Morgan fingerprint density at radius 2 is 1.49 bits per heavy atom. The van der Waals surface area contributed by atoms with Crippen molar-refractivity contribution < 1.29 is 24.2 Å². The average molecular weight is 631 g/mol. The predicted molar refractivity (Wildman–Crippen MR) is 182 cm³/mol. The zero-order valence-electron chi connectivity index (χ0n) is 26.6. The van der Waals surface area contributed by atoms with Crippen LogP contribution in [0.1, 0.15) is 54.4 Å². The van der Waals surface area contributed by atoms with E-state index in [2.05, 4.69) is 17.4 Å². The molecule has 2 atom stereocenters. The molecule has 2 aliphatic rings. The van der Waals surface area contributed by atoms with E-state index < -0.39 is 24.0 Å². The Kier molecular flexibility index (Phi) is 10.3. The molecular weight excluding hydrogens is 588 g/mol. The molecule has 4 aromatic rings. The Hall–Kier alpha value is -4.91. The van der Waals surface area contributed by atoms with Crippen molar-refractivity contribution in [2.24, 2.45) is 5.92 Å². The molecule has 0 aromatic heterocycles. The van der Waals surface area contributed by atoms with Crippen LogP contribution in [0.5, 0.6) is 5.75 Å². The minimum Gasteiger partial charge on any atom is -0.493 e. The maximum atomic E-state index is 13.9. The Labute approximate surface area is 276 Å². The Balaban J connectivity index is 1.16. The molecule has 1 fully saturated rings. The maximum absolute atomic E-state index is 13.9. The second-order valence-electron chi connectivity index (χ2n) is 12.8. The number of hydrogen-bond acceptors (Lipinski definition) is 4. The molecule has 1 saturated carbocycles. The largest absolute Gasteiger partial charge is 0.493 e. The number of carbonyl (C=O) groups excluding carboxylic acids is 2. The van der Waals surface area contributed by atoms with Crippen molar-refractivity contribution in [3.8, 4) is 16.9 Å². The summed E-state index contributed by atoms with van der Waals surface area (Å²) in [5.74, 6) is -0.544. The lowest BCUT2D eigenvalue weighted by molar-refractivity contribution is -0.145. The summed E-state index contributed by atoms with van der Waals surface area (Å²) < 4.78 is 6.07. The van der Waals surface area contributed by atoms with E-state index in [0.717, 1.165) is 65.7 Å². The standard InChI is InChI=1S/C40H42N2O5/c43-38(24-29-11-7-8-12-29)42-27-34-25-35(47-22-21-28-9-3-1-4-10-28)20-19-33(34)26-37(42)39(44)41-36(40(45)46)23-30-15-17-32(18-16-30)31-13-5-2-6-14-31/h1-6,9-10,13-20,25,29,36-37H,7-8,11-12,21-24,26-27H2,(H,41,44)(H,45,46)/t36-,37?/m0/s1. The highest BCUT2D eigenvalue weighted by Gasteiger charge is 2.37. The van der Waals surface area contributed by atoms with Crippen LogP contribution in [0.15, 0.2) is 103 Å². The summed E-state index contributed by atoms with van der Waals surface area (Å²) in [6, 6.07) is 31.8. The molecule has 47 heavy (non-hydrogen) atoms. The van der Waals surface area contributed by atoms with Crippen molar-refractivity contribution in [1.29, 1.82) is 0 Å². The summed E-state index contributed by atoms with van der Waals surface area (Å²) >= 11 is 0. The van der Waals surface area contributed by atoms with Gasteiger partial charge < -0.3 is 20.1 Å². The van der Waals surface area contributed by atoms with Gasteiger partial charge in [-0.25, -0.2) is 4.79 Å². The summed E-state index contributed by atoms with van der Waals surface area (Å²) in [4.78, 5) is 41.6. The summed E-state index contributed by atoms with van der Waals surface area (Å²) in [6.45, 7) is 0.817. The quantitative estimate of drug-likeness (QED) is 0.183. The van der Waals surface area contributed by atoms with Gasteiger partial charge in [-0.1, -0.05) is 104 Å². The number of hydrogen-bond donors (Lipinski definition) is 2.